The molecule has 0 spiro atoms. The average molecular weight is 301 g/mol. The number of benzene rings is 1. The van der Waals surface area contributed by atoms with E-state index in [1.165, 1.54) is 24.3 Å². The first kappa shape index (κ1) is 16.6. The number of amides is 2. The van der Waals surface area contributed by atoms with E-state index in [1.807, 2.05) is 0 Å². The second-order valence-corrected chi connectivity index (χ2v) is 4.20. The molecule has 0 atom stereocenters. The molecule has 1 aromatic rings. The minimum atomic E-state index is -1.19. The molecular weight excluding hydrogens is 284 g/mol. The van der Waals surface area contributed by atoms with Crippen molar-refractivity contribution < 1.29 is 19.1 Å². The lowest BCUT2D eigenvalue weighted by Gasteiger charge is -2.21. The van der Waals surface area contributed by atoms with Gasteiger partial charge in [-0.05, 0) is 38.1 Å². The maximum atomic E-state index is 12.0. The lowest BCUT2D eigenvalue weighted by Crippen LogP contribution is -2.49. The number of rotatable bonds is 6. The fraction of sp³-hybridized carbons (Fsp3) is 0.385. The Labute approximate surface area is 122 Å². The Hall–Kier alpha value is -1.47. The summed E-state index contributed by atoms with van der Waals surface area (Å²) in [6.45, 7) is 3.95. The molecule has 1 rings (SSSR count). The van der Waals surface area contributed by atoms with Crippen LogP contribution in [0.5, 0.6) is 0 Å². The van der Waals surface area contributed by atoms with Crippen molar-refractivity contribution in [3.05, 3.63) is 34.9 Å². The smallest absolute Gasteiger partial charge is 0.300 e. The highest BCUT2D eigenvalue weighted by atomic mass is 35.5. The van der Waals surface area contributed by atoms with Gasteiger partial charge in [0.2, 0.25) is 6.29 Å². The second kappa shape index (κ2) is 7.96. The zero-order valence-corrected chi connectivity index (χ0v) is 12.1. The van der Waals surface area contributed by atoms with E-state index < -0.39 is 18.1 Å². The highest BCUT2D eigenvalue weighted by molar-refractivity contribution is 6.30. The molecule has 20 heavy (non-hydrogen) atoms. The number of hydrogen-bond acceptors (Lipinski definition) is 5. The molecule has 0 fully saturated rings. The van der Waals surface area contributed by atoms with Crippen molar-refractivity contribution in [1.82, 2.24) is 5.01 Å². The molecule has 6 nitrogen and oxygen atoms in total. The van der Waals surface area contributed by atoms with Gasteiger partial charge in [0, 0.05) is 23.8 Å². The number of hydrazine groups is 1. The summed E-state index contributed by atoms with van der Waals surface area (Å²) in [5.74, 6) is 4.12. The number of carbonyl (C=O) groups excluding carboxylic acids is 2. The molecular formula is C13H17ClN2O4. The normalized spacial score (nSPS) is 10.7. The Kier molecular flexibility index (Phi) is 6.60. The van der Waals surface area contributed by atoms with Gasteiger partial charge in [-0.15, -0.1) is 0 Å². The molecule has 0 heterocycles. The molecule has 2 N–H and O–H groups in total. The lowest BCUT2D eigenvalue weighted by molar-refractivity contribution is -0.178. The van der Waals surface area contributed by atoms with E-state index in [1.54, 1.807) is 13.8 Å². The molecule has 0 aromatic heterocycles. The molecule has 0 aliphatic carbocycles. The van der Waals surface area contributed by atoms with E-state index in [0.717, 1.165) is 0 Å². The fourth-order valence-corrected chi connectivity index (χ4v) is 1.56. The number of carbonyl (C=O) groups is 2. The number of imide groups is 1. The Bertz CT molecular complexity index is 458. The molecule has 0 saturated heterocycles. The maximum Gasteiger partial charge on any atom is 0.300 e. The minimum absolute atomic E-state index is 0.247. The van der Waals surface area contributed by atoms with Crippen molar-refractivity contribution in [3.63, 3.8) is 0 Å². The van der Waals surface area contributed by atoms with Crippen LogP contribution >= 0.6 is 11.6 Å². The summed E-state index contributed by atoms with van der Waals surface area (Å²) in [7, 11) is 0. The number of hydrogen-bond donors (Lipinski definition) is 1. The summed E-state index contributed by atoms with van der Waals surface area (Å²) in [5, 5.41) is 0.970. The Balaban J connectivity index is 2.81. The first-order valence-corrected chi connectivity index (χ1v) is 6.50. The van der Waals surface area contributed by atoms with Crippen molar-refractivity contribution in [1.29, 1.82) is 0 Å². The van der Waals surface area contributed by atoms with Gasteiger partial charge in [-0.3, -0.25) is 9.59 Å². The highest BCUT2D eigenvalue weighted by Gasteiger charge is 2.28. The van der Waals surface area contributed by atoms with Crippen molar-refractivity contribution in [2.45, 2.75) is 20.1 Å². The first-order valence-electron chi connectivity index (χ1n) is 6.13. The van der Waals surface area contributed by atoms with E-state index in [2.05, 4.69) is 0 Å². The van der Waals surface area contributed by atoms with Gasteiger partial charge in [0.05, 0.1) is 0 Å². The topological polar surface area (TPSA) is 81.9 Å². The monoisotopic (exact) mass is 300 g/mol. The number of ether oxygens (including phenoxy) is 2. The van der Waals surface area contributed by atoms with Gasteiger partial charge in [0.25, 0.3) is 5.91 Å². The Morgan fingerprint density at radius 2 is 1.70 bits per heavy atom. The highest BCUT2D eigenvalue weighted by Crippen LogP contribution is 2.11. The van der Waals surface area contributed by atoms with Crippen LogP contribution in [-0.2, 0) is 14.3 Å². The number of nitrogens with two attached hydrogens (primary N) is 1. The molecule has 1 aromatic carbocycles. The van der Waals surface area contributed by atoms with Crippen molar-refractivity contribution >= 4 is 23.4 Å². The van der Waals surface area contributed by atoms with Gasteiger partial charge in [0.15, 0.2) is 0 Å². The second-order valence-electron chi connectivity index (χ2n) is 3.76. The van der Waals surface area contributed by atoms with E-state index in [0.29, 0.717) is 10.0 Å². The molecule has 0 saturated carbocycles. The molecule has 7 heteroatoms. The summed E-state index contributed by atoms with van der Waals surface area (Å²) in [4.78, 5) is 24.0. The summed E-state index contributed by atoms with van der Waals surface area (Å²) in [5.41, 5.74) is 0.247. The van der Waals surface area contributed by atoms with Crippen LogP contribution in [0.4, 0.5) is 0 Å². The zero-order valence-electron chi connectivity index (χ0n) is 11.3. The quantitative estimate of drug-likeness (QED) is 0.373. The Morgan fingerprint density at radius 1 is 1.20 bits per heavy atom. The van der Waals surface area contributed by atoms with Gasteiger partial charge < -0.3 is 9.47 Å². The van der Waals surface area contributed by atoms with Crippen LogP contribution in [-0.4, -0.2) is 36.3 Å². The molecule has 0 aliphatic heterocycles. The van der Waals surface area contributed by atoms with Crippen molar-refractivity contribution in [2.75, 3.05) is 13.2 Å². The number of nitrogens with zero attached hydrogens (tertiary/aromatic N) is 1. The predicted octanol–water partition coefficient (Wildman–Crippen LogP) is 1.58. The molecule has 0 unspecified atom stereocenters. The van der Waals surface area contributed by atoms with Crippen LogP contribution in [0.2, 0.25) is 5.02 Å². The molecule has 0 bridgehead atoms. The molecule has 0 radical (unpaired) electrons. The van der Waals surface area contributed by atoms with Gasteiger partial charge in [-0.25, -0.2) is 10.9 Å². The third-order valence-electron chi connectivity index (χ3n) is 2.39. The summed E-state index contributed by atoms with van der Waals surface area (Å²) >= 11 is 5.73. The standard InChI is InChI=1S/C13H17ClN2O4/c1-3-19-13(20-4-2)12(18)16(15)11(17)9-5-7-10(14)8-6-9/h5-8,13H,3-4,15H2,1-2H3. The van der Waals surface area contributed by atoms with Gasteiger partial charge in [-0.2, -0.15) is 0 Å². The van der Waals surface area contributed by atoms with Crippen molar-refractivity contribution in [2.24, 2.45) is 5.84 Å². The maximum absolute atomic E-state index is 12.0. The van der Waals surface area contributed by atoms with Crippen LogP contribution in [0.25, 0.3) is 0 Å². The SMILES string of the molecule is CCOC(OCC)C(=O)N(N)C(=O)c1ccc(Cl)cc1. The van der Waals surface area contributed by atoms with Crippen molar-refractivity contribution in [3.8, 4) is 0 Å². The third-order valence-corrected chi connectivity index (χ3v) is 2.64. The van der Waals surface area contributed by atoms with Gasteiger partial charge in [-0.1, -0.05) is 11.6 Å². The summed E-state index contributed by atoms with van der Waals surface area (Å²) < 4.78 is 10.2. The lowest BCUT2D eigenvalue weighted by atomic mass is 10.2. The summed E-state index contributed by atoms with van der Waals surface area (Å²) in [6.07, 6.45) is -1.19. The molecule has 0 aliphatic rings. The third kappa shape index (κ3) is 4.28. The van der Waals surface area contributed by atoms with Gasteiger partial charge in [0.1, 0.15) is 0 Å². The van der Waals surface area contributed by atoms with Crippen LogP contribution in [0, 0.1) is 0 Å². The van der Waals surface area contributed by atoms with E-state index in [9.17, 15) is 9.59 Å². The predicted molar refractivity (Wildman–Crippen MR) is 73.9 cm³/mol. The van der Waals surface area contributed by atoms with Gasteiger partial charge >= 0.3 is 5.91 Å². The Morgan fingerprint density at radius 3 is 2.15 bits per heavy atom. The zero-order chi connectivity index (χ0) is 15.1. The fourth-order valence-electron chi connectivity index (χ4n) is 1.44. The van der Waals surface area contributed by atoms with Crippen LogP contribution < -0.4 is 5.84 Å². The minimum Gasteiger partial charge on any atom is -0.345 e. The van der Waals surface area contributed by atoms with Crippen LogP contribution in [0.1, 0.15) is 24.2 Å². The van der Waals surface area contributed by atoms with Crippen LogP contribution in [0.3, 0.4) is 0 Å². The first-order chi connectivity index (χ1) is 9.51. The average Bonchev–Trinajstić information content (AvgIpc) is 2.45. The summed E-state index contributed by atoms with van der Waals surface area (Å²) in [6, 6.07) is 6.04. The molecule has 110 valence electrons. The van der Waals surface area contributed by atoms with Crippen LogP contribution in [0.15, 0.2) is 24.3 Å². The number of halogens is 1. The van der Waals surface area contributed by atoms with E-state index in [4.69, 9.17) is 26.9 Å². The van der Waals surface area contributed by atoms with E-state index >= 15 is 0 Å². The van der Waals surface area contributed by atoms with E-state index in [-0.39, 0.29) is 18.8 Å². The largest absolute Gasteiger partial charge is 0.345 e. The molecule has 2 amide bonds.